The highest BCUT2D eigenvalue weighted by Gasteiger charge is 1.91. The van der Waals surface area contributed by atoms with Gasteiger partial charge in [-0.25, -0.2) is 4.79 Å². The molecule has 0 spiro atoms. The molecule has 0 aromatic carbocycles. The van der Waals surface area contributed by atoms with Crippen molar-refractivity contribution in [1.82, 2.24) is 10.6 Å². The van der Waals surface area contributed by atoms with E-state index in [1.54, 1.807) is 0 Å². The second-order valence-electron chi connectivity index (χ2n) is 2.57. The van der Waals surface area contributed by atoms with Crippen molar-refractivity contribution in [3.8, 4) is 0 Å². The highest BCUT2D eigenvalue weighted by molar-refractivity contribution is 5.71. The average molecular weight is 171 g/mol. The molecule has 4 N–H and O–H groups in total. The van der Waals surface area contributed by atoms with Crippen molar-refractivity contribution in [3.05, 3.63) is 12.2 Å². The Kier molecular flexibility index (Phi) is 6.09. The van der Waals surface area contributed by atoms with Gasteiger partial charge in [-0.15, -0.1) is 0 Å². The minimum Gasteiger partial charge on any atom is -0.352 e. The first-order valence-corrected chi connectivity index (χ1v) is 4.07. The summed E-state index contributed by atoms with van der Waals surface area (Å²) in [6.45, 7) is 7.98. The summed E-state index contributed by atoms with van der Waals surface area (Å²) >= 11 is 0. The zero-order valence-electron chi connectivity index (χ0n) is 7.52. The molecule has 12 heavy (non-hydrogen) atoms. The minimum absolute atomic E-state index is 0.480. The fourth-order valence-electron chi connectivity index (χ4n) is 0.664. The van der Waals surface area contributed by atoms with E-state index in [4.69, 9.17) is 5.73 Å². The van der Waals surface area contributed by atoms with E-state index >= 15 is 0 Å². The number of urea groups is 1. The summed E-state index contributed by atoms with van der Waals surface area (Å²) in [6, 6.07) is -0.480. The van der Waals surface area contributed by atoms with Gasteiger partial charge in [-0.1, -0.05) is 19.1 Å². The average Bonchev–Trinajstić information content (AvgIpc) is 2.03. The van der Waals surface area contributed by atoms with Crippen molar-refractivity contribution in [2.24, 2.45) is 5.73 Å². The topological polar surface area (TPSA) is 67.2 Å². The third-order valence-corrected chi connectivity index (χ3v) is 1.48. The maximum absolute atomic E-state index is 10.2. The Morgan fingerprint density at radius 2 is 2.17 bits per heavy atom. The second-order valence-corrected chi connectivity index (χ2v) is 2.57. The summed E-state index contributed by atoms with van der Waals surface area (Å²) < 4.78 is 0. The first kappa shape index (κ1) is 11.0. The van der Waals surface area contributed by atoms with Crippen molar-refractivity contribution < 1.29 is 4.79 Å². The first-order chi connectivity index (χ1) is 5.66. The quantitative estimate of drug-likeness (QED) is 0.395. The Bertz CT molecular complexity index is 156. The van der Waals surface area contributed by atoms with Crippen LogP contribution in [0.1, 0.15) is 13.3 Å². The van der Waals surface area contributed by atoms with E-state index in [2.05, 4.69) is 24.1 Å². The van der Waals surface area contributed by atoms with Crippen molar-refractivity contribution in [1.29, 1.82) is 0 Å². The molecule has 0 unspecified atom stereocenters. The maximum Gasteiger partial charge on any atom is 0.312 e. The van der Waals surface area contributed by atoms with Crippen LogP contribution in [0.3, 0.4) is 0 Å². The van der Waals surface area contributed by atoms with Crippen LogP contribution in [-0.4, -0.2) is 25.7 Å². The van der Waals surface area contributed by atoms with E-state index < -0.39 is 6.03 Å². The largest absolute Gasteiger partial charge is 0.352 e. The van der Waals surface area contributed by atoms with E-state index in [-0.39, 0.29) is 0 Å². The molecule has 0 radical (unpaired) electrons. The molecule has 4 heteroatoms. The van der Waals surface area contributed by atoms with Crippen molar-refractivity contribution in [3.63, 3.8) is 0 Å². The van der Waals surface area contributed by atoms with Gasteiger partial charge >= 0.3 is 6.03 Å². The molecule has 4 nitrogen and oxygen atoms in total. The number of nitrogens with two attached hydrogens (primary N) is 1. The Labute approximate surface area is 73.2 Å². The highest BCUT2D eigenvalue weighted by Crippen LogP contribution is 1.91. The summed E-state index contributed by atoms with van der Waals surface area (Å²) in [5.41, 5.74) is 6.03. The van der Waals surface area contributed by atoms with Gasteiger partial charge in [0.25, 0.3) is 0 Å². The standard InChI is InChI=1S/C8H17N3O/c1-3-7(2)6-10-4-5-11-8(9)12/h10H,2-6H2,1H3,(H3,9,11,12). The molecule has 2 amide bonds. The van der Waals surface area contributed by atoms with E-state index in [0.29, 0.717) is 6.54 Å². The molecule has 0 saturated carbocycles. The smallest absolute Gasteiger partial charge is 0.312 e. The van der Waals surface area contributed by atoms with Crippen LogP contribution in [0.5, 0.6) is 0 Å². The number of amides is 2. The van der Waals surface area contributed by atoms with Crippen LogP contribution in [-0.2, 0) is 0 Å². The minimum atomic E-state index is -0.480. The van der Waals surface area contributed by atoms with Crippen LogP contribution in [0, 0.1) is 0 Å². The lowest BCUT2D eigenvalue weighted by atomic mass is 10.2. The lowest BCUT2D eigenvalue weighted by molar-refractivity contribution is 0.249. The molecule has 0 heterocycles. The predicted octanol–water partition coefficient (Wildman–Crippen LogP) is 0.210. The van der Waals surface area contributed by atoms with Gasteiger partial charge in [0.2, 0.25) is 0 Å². The van der Waals surface area contributed by atoms with Crippen molar-refractivity contribution in [2.75, 3.05) is 19.6 Å². The monoisotopic (exact) mass is 171 g/mol. The van der Waals surface area contributed by atoms with E-state index in [0.717, 1.165) is 25.1 Å². The molecule has 0 saturated heterocycles. The van der Waals surface area contributed by atoms with Gasteiger partial charge in [-0.05, 0) is 6.42 Å². The van der Waals surface area contributed by atoms with Crippen molar-refractivity contribution >= 4 is 6.03 Å². The summed E-state index contributed by atoms with van der Waals surface area (Å²) in [6.07, 6.45) is 0.982. The fourth-order valence-corrected chi connectivity index (χ4v) is 0.664. The molecule has 0 aromatic rings. The van der Waals surface area contributed by atoms with E-state index in [1.807, 2.05) is 0 Å². The number of carbonyl (C=O) groups is 1. The Morgan fingerprint density at radius 1 is 1.50 bits per heavy atom. The van der Waals surface area contributed by atoms with Crippen molar-refractivity contribution in [2.45, 2.75) is 13.3 Å². The molecule has 0 fully saturated rings. The Morgan fingerprint density at radius 3 is 2.67 bits per heavy atom. The van der Waals surface area contributed by atoms with Crippen LogP contribution in [0.2, 0.25) is 0 Å². The van der Waals surface area contributed by atoms with Crippen LogP contribution < -0.4 is 16.4 Å². The number of rotatable bonds is 6. The van der Waals surface area contributed by atoms with Gasteiger partial charge in [0.15, 0.2) is 0 Å². The van der Waals surface area contributed by atoms with E-state index in [9.17, 15) is 4.79 Å². The summed E-state index contributed by atoms with van der Waals surface area (Å²) in [7, 11) is 0. The summed E-state index contributed by atoms with van der Waals surface area (Å²) in [5.74, 6) is 0. The number of nitrogens with one attached hydrogen (secondary N) is 2. The molecule has 0 aromatic heterocycles. The molecule has 0 bridgehead atoms. The summed E-state index contributed by atoms with van der Waals surface area (Å²) in [5, 5.41) is 5.61. The number of primary amides is 1. The number of hydrogen-bond donors (Lipinski definition) is 3. The normalized spacial score (nSPS) is 9.42. The maximum atomic E-state index is 10.2. The van der Waals surface area contributed by atoms with E-state index in [1.165, 1.54) is 0 Å². The molecule has 0 aliphatic rings. The predicted molar refractivity (Wildman–Crippen MR) is 49.9 cm³/mol. The van der Waals surface area contributed by atoms with Crippen LogP contribution in [0.25, 0.3) is 0 Å². The fraction of sp³-hybridized carbons (Fsp3) is 0.625. The molecule has 0 aliphatic carbocycles. The zero-order valence-corrected chi connectivity index (χ0v) is 7.52. The highest BCUT2D eigenvalue weighted by atomic mass is 16.2. The third kappa shape index (κ3) is 7.08. The SMILES string of the molecule is C=C(CC)CNCCNC(N)=O. The lowest BCUT2D eigenvalue weighted by Gasteiger charge is -2.05. The van der Waals surface area contributed by atoms with Crippen LogP contribution in [0.4, 0.5) is 4.79 Å². The Hall–Kier alpha value is -1.03. The Balaban J connectivity index is 3.11. The van der Waals surface area contributed by atoms with Gasteiger partial charge in [0.05, 0.1) is 0 Å². The van der Waals surface area contributed by atoms with Crippen LogP contribution >= 0.6 is 0 Å². The van der Waals surface area contributed by atoms with Crippen LogP contribution in [0.15, 0.2) is 12.2 Å². The molecule has 0 aliphatic heterocycles. The molecular formula is C8H17N3O. The third-order valence-electron chi connectivity index (χ3n) is 1.48. The zero-order chi connectivity index (χ0) is 9.40. The lowest BCUT2D eigenvalue weighted by Crippen LogP contribution is -2.35. The molecule has 0 atom stereocenters. The first-order valence-electron chi connectivity index (χ1n) is 4.07. The van der Waals surface area contributed by atoms with Gasteiger partial charge < -0.3 is 16.4 Å². The molecular weight excluding hydrogens is 154 g/mol. The van der Waals surface area contributed by atoms with Gasteiger partial charge in [-0.3, -0.25) is 0 Å². The van der Waals surface area contributed by atoms with Gasteiger partial charge in [-0.2, -0.15) is 0 Å². The number of carbonyl (C=O) groups excluding carboxylic acids is 1. The molecule has 70 valence electrons. The summed E-state index contributed by atoms with van der Waals surface area (Å²) in [4.78, 5) is 10.2. The van der Waals surface area contributed by atoms with Gasteiger partial charge in [0, 0.05) is 19.6 Å². The van der Waals surface area contributed by atoms with Gasteiger partial charge in [0.1, 0.15) is 0 Å². The molecule has 0 rings (SSSR count). The number of hydrogen-bond acceptors (Lipinski definition) is 2. The second kappa shape index (κ2) is 6.67.